The summed E-state index contributed by atoms with van der Waals surface area (Å²) in [5.74, 6) is -0.862. The number of carbonyl (C=O) groups is 1. The Balaban J connectivity index is 2.52. The number of furan rings is 1. The Bertz CT molecular complexity index is 415. The minimum absolute atomic E-state index is 0.0291. The SMILES string of the molecule is O=C(O)c1cnoc1-c1ccoc1. The quantitative estimate of drug-likeness (QED) is 0.758. The smallest absolute Gasteiger partial charge is 0.341 e. The highest BCUT2D eigenvalue weighted by atomic mass is 16.5. The van der Waals surface area contributed by atoms with Crippen LogP contribution in [0, 0.1) is 0 Å². The van der Waals surface area contributed by atoms with Gasteiger partial charge in [-0.25, -0.2) is 4.79 Å². The van der Waals surface area contributed by atoms with Crippen LogP contribution in [0.4, 0.5) is 0 Å². The Labute approximate surface area is 72.6 Å². The minimum atomic E-state index is -1.07. The normalized spacial score (nSPS) is 10.2. The predicted molar refractivity (Wildman–Crippen MR) is 41.2 cm³/mol. The highest BCUT2D eigenvalue weighted by Gasteiger charge is 2.17. The first-order valence-corrected chi connectivity index (χ1v) is 3.49. The van der Waals surface area contributed by atoms with Crippen molar-refractivity contribution in [2.45, 2.75) is 0 Å². The third-order valence-electron chi connectivity index (χ3n) is 1.58. The molecule has 2 rings (SSSR count). The number of carboxylic acid groups (broad SMARTS) is 1. The first kappa shape index (κ1) is 7.60. The van der Waals surface area contributed by atoms with Crippen molar-refractivity contribution in [3.05, 3.63) is 30.4 Å². The molecule has 0 bridgehead atoms. The molecule has 0 aliphatic carbocycles. The molecule has 0 aliphatic rings. The average Bonchev–Trinajstić information content (AvgIpc) is 2.74. The van der Waals surface area contributed by atoms with Gasteiger partial charge in [0.05, 0.1) is 18.0 Å². The van der Waals surface area contributed by atoms with Gasteiger partial charge >= 0.3 is 5.97 Å². The Morgan fingerprint density at radius 2 is 2.38 bits per heavy atom. The van der Waals surface area contributed by atoms with Crippen LogP contribution in [-0.4, -0.2) is 16.2 Å². The van der Waals surface area contributed by atoms with Crippen molar-refractivity contribution in [1.29, 1.82) is 0 Å². The molecule has 13 heavy (non-hydrogen) atoms. The molecule has 0 atom stereocenters. The average molecular weight is 179 g/mol. The van der Waals surface area contributed by atoms with E-state index in [-0.39, 0.29) is 11.3 Å². The summed E-state index contributed by atoms with van der Waals surface area (Å²) in [6, 6.07) is 1.60. The standard InChI is InChI=1S/C8H5NO4/c10-8(11)6-3-9-13-7(6)5-1-2-12-4-5/h1-4H,(H,10,11). The van der Waals surface area contributed by atoms with E-state index in [2.05, 4.69) is 5.16 Å². The van der Waals surface area contributed by atoms with E-state index in [4.69, 9.17) is 14.0 Å². The topological polar surface area (TPSA) is 76.5 Å². The molecule has 0 unspecified atom stereocenters. The lowest BCUT2D eigenvalue weighted by Crippen LogP contribution is -1.95. The predicted octanol–water partition coefficient (Wildman–Crippen LogP) is 1.63. The van der Waals surface area contributed by atoms with Gasteiger partial charge in [0.2, 0.25) is 0 Å². The molecule has 0 amide bonds. The van der Waals surface area contributed by atoms with Crippen LogP contribution in [0.1, 0.15) is 10.4 Å². The van der Waals surface area contributed by atoms with E-state index in [1.807, 2.05) is 0 Å². The molecule has 0 saturated carbocycles. The zero-order valence-electron chi connectivity index (χ0n) is 6.43. The maximum absolute atomic E-state index is 10.6. The van der Waals surface area contributed by atoms with Crippen LogP contribution in [0.2, 0.25) is 0 Å². The van der Waals surface area contributed by atoms with E-state index in [9.17, 15) is 4.79 Å². The van der Waals surface area contributed by atoms with Crippen LogP contribution in [0.25, 0.3) is 11.3 Å². The second-order valence-corrected chi connectivity index (χ2v) is 2.39. The van der Waals surface area contributed by atoms with Crippen LogP contribution in [0.15, 0.2) is 33.7 Å². The Morgan fingerprint density at radius 1 is 1.54 bits per heavy atom. The lowest BCUT2D eigenvalue weighted by molar-refractivity contribution is 0.0697. The number of carboxylic acids is 1. The van der Waals surface area contributed by atoms with E-state index in [0.29, 0.717) is 5.56 Å². The van der Waals surface area contributed by atoms with Gasteiger partial charge in [-0.05, 0) is 6.07 Å². The summed E-state index contributed by atoms with van der Waals surface area (Å²) in [6.07, 6.45) is 3.99. The van der Waals surface area contributed by atoms with Crippen molar-refractivity contribution < 1.29 is 18.8 Å². The van der Waals surface area contributed by atoms with Crippen molar-refractivity contribution in [3.8, 4) is 11.3 Å². The fourth-order valence-electron chi connectivity index (χ4n) is 0.994. The van der Waals surface area contributed by atoms with Gasteiger partial charge in [0.15, 0.2) is 5.76 Å². The monoisotopic (exact) mass is 179 g/mol. The molecular formula is C8H5NO4. The molecule has 2 aromatic rings. The van der Waals surface area contributed by atoms with Gasteiger partial charge in [0, 0.05) is 0 Å². The Hall–Kier alpha value is -2.04. The fraction of sp³-hybridized carbons (Fsp3) is 0. The maximum atomic E-state index is 10.6. The molecule has 0 saturated heterocycles. The molecule has 0 fully saturated rings. The molecule has 66 valence electrons. The molecule has 0 radical (unpaired) electrons. The van der Waals surface area contributed by atoms with Gasteiger partial charge in [0.25, 0.3) is 0 Å². The maximum Gasteiger partial charge on any atom is 0.341 e. The van der Waals surface area contributed by atoms with E-state index >= 15 is 0 Å². The first-order valence-electron chi connectivity index (χ1n) is 3.49. The second kappa shape index (κ2) is 2.78. The van der Waals surface area contributed by atoms with Crippen molar-refractivity contribution in [2.24, 2.45) is 0 Å². The van der Waals surface area contributed by atoms with Crippen molar-refractivity contribution in [2.75, 3.05) is 0 Å². The van der Waals surface area contributed by atoms with Gasteiger partial charge in [0.1, 0.15) is 11.8 Å². The van der Waals surface area contributed by atoms with E-state index in [1.54, 1.807) is 6.07 Å². The summed E-state index contributed by atoms with van der Waals surface area (Å²) < 4.78 is 9.57. The molecule has 0 spiro atoms. The van der Waals surface area contributed by atoms with Gasteiger partial charge < -0.3 is 14.0 Å². The number of aromatic carboxylic acids is 1. The number of aromatic nitrogens is 1. The largest absolute Gasteiger partial charge is 0.477 e. The molecular weight excluding hydrogens is 174 g/mol. The molecule has 2 heterocycles. The van der Waals surface area contributed by atoms with Crippen molar-refractivity contribution in [3.63, 3.8) is 0 Å². The highest BCUT2D eigenvalue weighted by Crippen LogP contribution is 2.23. The van der Waals surface area contributed by atoms with Crippen LogP contribution in [0.3, 0.4) is 0 Å². The van der Waals surface area contributed by atoms with Crippen LogP contribution in [0.5, 0.6) is 0 Å². The highest BCUT2D eigenvalue weighted by molar-refractivity contribution is 5.93. The summed E-state index contributed by atoms with van der Waals surface area (Å²) in [5.41, 5.74) is 0.594. The van der Waals surface area contributed by atoms with E-state index in [1.165, 1.54) is 12.5 Å². The third-order valence-corrected chi connectivity index (χ3v) is 1.58. The molecule has 2 aromatic heterocycles. The molecule has 5 nitrogen and oxygen atoms in total. The number of rotatable bonds is 2. The van der Waals surface area contributed by atoms with Gasteiger partial charge in [-0.15, -0.1) is 0 Å². The number of hydrogen-bond acceptors (Lipinski definition) is 4. The summed E-state index contributed by atoms with van der Waals surface area (Å²) >= 11 is 0. The van der Waals surface area contributed by atoms with Crippen LogP contribution in [-0.2, 0) is 0 Å². The van der Waals surface area contributed by atoms with Crippen molar-refractivity contribution in [1.82, 2.24) is 5.16 Å². The minimum Gasteiger partial charge on any atom is -0.477 e. The van der Waals surface area contributed by atoms with Gasteiger partial charge in [-0.2, -0.15) is 0 Å². The first-order chi connectivity index (χ1) is 6.29. The Morgan fingerprint density at radius 3 is 3.00 bits per heavy atom. The number of hydrogen-bond donors (Lipinski definition) is 1. The van der Waals surface area contributed by atoms with Crippen LogP contribution >= 0.6 is 0 Å². The summed E-state index contributed by atoms with van der Waals surface area (Å²) in [5, 5.41) is 12.1. The fourth-order valence-corrected chi connectivity index (χ4v) is 0.994. The summed E-state index contributed by atoms with van der Waals surface area (Å²) in [6.45, 7) is 0. The summed E-state index contributed by atoms with van der Waals surface area (Å²) in [4.78, 5) is 10.6. The zero-order chi connectivity index (χ0) is 9.26. The molecule has 0 aromatic carbocycles. The third kappa shape index (κ3) is 1.20. The lowest BCUT2D eigenvalue weighted by atomic mass is 10.2. The van der Waals surface area contributed by atoms with Crippen molar-refractivity contribution >= 4 is 5.97 Å². The van der Waals surface area contributed by atoms with Gasteiger partial charge in [-0.1, -0.05) is 5.16 Å². The van der Waals surface area contributed by atoms with E-state index in [0.717, 1.165) is 6.20 Å². The van der Waals surface area contributed by atoms with Gasteiger partial charge in [-0.3, -0.25) is 0 Å². The number of nitrogens with zero attached hydrogens (tertiary/aromatic N) is 1. The molecule has 0 aliphatic heterocycles. The summed E-state index contributed by atoms with van der Waals surface area (Å²) in [7, 11) is 0. The van der Waals surface area contributed by atoms with Crippen LogP contribution < -0.4 is 0 Å². The molecule has 1 N–H and O–H groups in total. The second-order valence-electron chi connectivity index (χ2n) is 2.39. The Kier molecular flexibility index (Phi) is 1.63. The van der Waals surface area contributed by atoms with E-state index < -0.39 is 5.97 Å². The zero-order valence-corrected chi connectivity index (χ0v) is 6.43. The molecule has 5 heteroatoms. The lowest BCUT2D eigenvalue weighted by Gasteiger charge is -1.89.